The van der Waals surface area contributed by atoms with Gasteiger partial charge in [0.05, 0.1) is 17.1 Å². The number of fused-ring (bicyclic) bond motifs is 2. The van der Waals surface area contributed by atoms with Crippen molar-refractivity contribution >= 4 is 15.7 Å². The Kier molecular flexibility index (Phi) is 9.04. The number of benzene rings is 1. The van der Waals surface area contributed by atoms with Crippen LogP contribution in [0.5, 0.6) is 5.75 Å². The molecule has 0 aliphatic carbocycles. The van der Waals surface area contributed by atoms with Gasteiger partial charge in [0.25, 0.3) is 5.91 Å². The van der Waals surface area contributed by atoms with Crippen LogP contribution < -0.4 is 10.1 Å². The number of sulfone groups is 1. The van der Waals surface area contributed by atoms with Gasteiger partial charge < -0.3 is 15.0 Å². The van der Waals surface area contributed by atoms with Gasteiger partial charge in [0.15, 0.2) is 9.84 Å². The molecule has 0 radical (unpaired) electrons. The van der Waals surface area contributed by atoms with Crippen molar-refractivity contribution in [3.63, 3.8) is 0 Å². The van der Waals surface area contributed by atoms with Crippen molar-refractivity contribution in [1.29, 1.82) is 0 Å². The van der Waals surface area contributed by atoms with E-state index in [1.165, 1.54) is 29.3 Å². The van der Waals surface area contributed by atoms with Crippen LogP contribution in [0.3, 0.4) is 0 Å². The molecule has 0 bridgehead atoms. The quantitative estimate of drug-likeness (QED) is 0.359. The van der Waals surface area contributed by atoms with Gasteiger partial charge in [0.2, 0.25) is 0 Å². The Hall–Kier alpha value is -3.72. The number of carbonyl (C=O) groups is 1. The summed E-state index contributed by atoms with van der Waals surface area (Å²) in [7, 11) is -3.58. The summed E-state index contributed by atoms with van der Waals surface area (Å²) in [5.41, 5.74) is 0.423. The maximum atomic E-state index is 13.2. The van der Waals surface area contributed by atoms with E-state index in [0.717, 1.165) is 30.1 Å². The van der Waals surface area contributed by atoms with Crippen molar-refractivity contribution < 1.29 is 44.3 Å². The molecule has 44 heavy (non-hydrogen) atoms. The Morgan fingerprint density at radius 2 is 1.41 bits per heavy atom. The van der Waals surface area contributed by atoms with E-state index in [1.54, 1.807) is 0 Å². The van der Waals surface area contributed by atoms with Crippen LogP contribution in [0.2, 0.25) is 0 Å². The largest absolute Gasteiger partial charge is 0.492 e. The number of amides is 1. The van der Waals surface area contributed by atoms with Gasteiger partial charge in [0.1, 0.15) is 17.1 Å². The molecule has 8 nitrogen and oxygen atoms in total. The summed E-state index contributed by atoms with van der Waals surface area (Å²) >= 11 is 0. The smallest absolute Gasteiger partial charge is 0.433 e. The fraction of sp³-hybridized carbons (Fsp3) is 0.414. The molecular formula is C29H30F6N4O4S. The van der Waals surface area contributed by atoms with Crippen molar-refractivity contribution in [1.82, 2.24) is 20.2 Å². The lowest BCUT2D eigenvalue weighted by atomic mass is 9.98. The number of hydrogen-bond donors (Lipinski definition) is 1. The van der Waals surface area contributed by atoms with Crippen molar-refractivity contribution in [3.8, 4) is 5.75 Å². The highest BCUT2D eigenvalue weighted by molar-refractivity contribution is 7.90. The highest BCUT2D eigenvalue weighted by Gasteiger charge is 2.36. The molecule has 2 aliphatic rings. The fourth-order valence-electron chi connectivity index (χ4n) is 4.41. The van der Waals surface area contributed by atoms with E-state index in [9.17, 15) is 39.6 Å². The lowest BCUT2D eigenvalue weighted by molar-refractivity contribution is -0.142. The fourth-order valence-corrected chi connectivity index (χ4v) is 5.06. The molecule has 0 saturated carbocycles. The molecule has 0 atom stereocenters. The molecule has 4 heterocycles. The van der Waals surface area contributed by atoms with Crippen molar-refractivity contribution in [3.05, 3.63) is 81.9 Å². The highest BCUT2D eigenvalue weighted by Crippen LogP contribution is 2.34. The number of nitrogens with one attached hydrogen (secondary N) is 1. The SMILES string of the molecule is CC(C)(C)COc1ccc(S(C)(=O)=O)cc1C(=O)N1Cc2cnc(C(F)(F)F)cc2C1.FC(F)(F)c1cc2c(cn1)CNC2. The zero-order valence-electron chi connectivity index (χ0n) is 24.2. The number of rotatable bonds is 4. The molecule has 2 aromatic heterocycles. The summed E-state index contributed by atoms with van der Waals surface area (Å²) in [5.74, 6) is -0.309. The molecule has 1 amide bonds. The minimum absolute atomic E-state index is 0.0401. The third-order valence-electron chi connectivity index (χ3n) is 6.66. The summed E-state index contributed by atoms with van der Waals surface area (Å²) < 4.78 is 105. The van der Waals surface area contributed by atoms with Crippen molar-refractivity contribution in [2.75, 3.05) is 12.9 Å². The van der Waals surface area contributed by atoms with Gasteiger partial charge in [-0.05, 0) is 58.0 Å². The molecule has 15 heteroatoms. The minimum Gasteiger partial charge on any atom is -0.492 e. The molecule has 1 N–H and O–H groups in total. The first-order chi connectivity index (χ1) is 20.2. The summed E-state index contributed by atoms with van der Waals surface area (Å²) in [6.07, 6.45) is -5.47. The Morgan fingerprint density at radius 3 is 1.98 bits per heavy atom. The third-order valence-corrected chi connectivity index (χ3v) is 7.77. The standard InChI is InChI=1S/C21H23F3N2O4S.C8H7F3N2/c1-20(2,3)12-30-17-6-5-15(31(4,28)29)8-16(17)19(27)26-10-13-7-18(21(22,23)24)25-9-14(13)11-26;9-8(10,11)7-1-5-2-12-3-6(5)4-13-7/h5-9H,10-12H2,1-4H3;1,4,12H,2-3H2. The van der Waals surface area contributed by atoms with Crippen LogP contribution in [0.4, 0.5) is 26.3 Å². The third kappa shape index (κ3) is 8.05. The lowest BCUT2D eigenvalue weighted by Gasteiger charge is -2.22. The van der Waals surface area contributed by atoms with E-state index in [2.05, 4.69) is 15.3 Å². The number of alkyl halides is 6. The second-order valence-electron chi connectivity index (χ2n) is 11.7. The van der Waals surface area contributed by atoms with Crippen LogP contribution in [0.25, 0.3) is 0 Å². The molecule has 0 spiro atoms. The van der Waals surface area contributed by atoms with Crippen molar-refractivity contribution in [2.24, 2.45) is 5.41 Å². The van der Waals surface area contributed by atoms with Crippen molar-refractivity contribution in [2.45, 2.75) is 64.2 Å². The molecule has 0 saturated heterocycles. The normalized spacial score (nSPS) is 14.9. The van der Waals surface area contributed by atoms with Gasteiger partial charge in [-0.15, -0.1) is 0 Å². The molecule has 2 aliphatic heterocycles. The molecule has 1 aromatic carbocycles. The van der Waals surface area contributed by atoms with E-state index >= 15 is 0 Å². The molecule has 238 valence electrons. The van der Waals surface area contributed by atoms with Crippen LogP contribution in [0.1, 0.15) is 64.8 Å². The van der Waals surface area contributed by atoms with Crippen LogP contribution in [0, 0.1) is 5.41 Å². The van der Waals surface area contributed by atoms with E-state index < -0.39 is 39.5 Å². The molecular weight excluding hydrogens is 614 g/mol. The average molecular weight is 645 g/mol. The monoisotopic (exact) mass is 644 g/mol. The van der Waals surface area contributed by atoms with Crippen LogP contribution in [0.15, 0.2) is 47.6 Å². The van der Waals surface area contributed by atoms with E-state index in [-0.39, 0.29) is 41.3 Å². The topological polar surface area (TPSA) is 101 Å². The molecule has 0 unspecified atom stereocenters. The lowest BCUT2D eigenvalue weighted by Crippen LogP contribution is -2.27. The Labute approximate surface area is 250 Å². The Bertz CT molecular complexity index is 1670. The first-order valence-corrected chi connectivity index (χ1v) is 15.2. The van der Waals surface area contributed by atoms with Gasteiger partial charge in [0, 0.05) is 44.8 Å². The number of halogens is 6. The maximum absolute atomic E-state index is 13.2. The van der Waals surface area contributed by atoms with Gasteiger partial charge in [-0.25, -0.2) is 8.42 Å². The number of pyridine rings is 2. The first kappa shape index (κ1) is 33.2. The van der Waals surface area contributed by atoms with Crippen LogP contribution in [-0.4, -0.2) is 42.1 Å². The van der Waals surface area contributed by atoms with E-state index in [0.29, 0.717) is 29.8 Å². The van der Waals surface area contributed by atoms with Gasteiger partial charge in [-0.1, -0.05) is 20.8 Å². The number of carbonyl (C=O) groups excluding carboxylic acids is 1. The average Bonchev–Trinajstić information content (AvgIpc) is 3.56. The summed E-state index contributed by atoms with van der Waals surface area (Å²) in [6.45, 7) is 7.26. The first-order valence-electron chi connectivity index (χ1n) is 13.3. The summed E-state index contributed by atoms with van der Waals surface area (Å²) in [4.78, 5) is 21.3. The maximum Gasteiger partial charge on any atom is 0.433 e. The number of hydrogen-bond acceptors (Lipinski definition) is 7. The van der Waals surface area contributed by atoms with Crippen LogP contribution >= 0.6 is 0 Å². The second-order valence-corrected chi connectivity index (χ2v) is 13.7. The zero-order valence-corrected chi connectivity index (χ0v) is 25.0. The molecule has 3 aromatic rings. The van der Waals surface area contributed by atoms with Crippen LogP contribution in [-0.2, 0) is 48.4 Å². The minimum atomic E-state index is -4.58. The number of ether oxygens (including phenoxy) is 1. The van der Waals surface area contributed by atoms with E-state index in [4.69, 9.17) is 4.74 Å². The molecule has 0 fully saturated rings. The van der Waals surface area contributed by atoms with Gasteiger partial charge >= 0.3 is 12.4 Å². The van der Waals surface area contributed by atoms with Gasteiger partial charge in [-0.2, -0.15) is 26.3 Å². The zero-order chi connectivity index (χ0) is 32.7. The Morgan fingerprint density at radius 1 is 0.864 bits per heavy atom. The van der Waals surface area contributed by atoms with Gasteiger partial charge in [-0.3, -0.25) is 14.8 Å². The molecule has 5 rings (SSSR count). The Balaban J connectivity index is 0.000000281. The second kappa shape index (κ2) is 12.0. The van der Waals surface area contributed by atoms with E-state index in [1.807, 2.05) is 20.8 Å². The predicted octanol–water partition coefficient (Wildman–Crippen LogP) is 5.79. The predicted molar refractivity (Wildman–Crippen MR) is 147 cm³/mol. The number of aromatic nitrogens is 2. The number of nitrogens with zero attached hydrogens (tertiary/aromatic N) is 3. The summed E-state index contributed by atoms with van der Waals surface area (Å²) in [6, 6.07) is 6.09. The highest BCUT2D eigenvalue weighted by atomic mass is 32.2. The summed E-state index contributed by atoms with van der Waals surface area (Å²) in [5, 5.41) is 2.96.